The van der Waals surface area contributed by atoms with Crippen molar-refractivity contribution in [3.8, 4) is 0 Å². The van der Waals surface area contributed by atoms with Crippen LogP contribution in [-0.2, 0) is 0 Å². The summed E-state index contributed by atoms with van der Waals surface area (Å²) in [6, 6.07) is 15.3. The highest BCUT2D eigenvalue weighted by Crippen LogP contribution is 2.34. The molecule has 2 aliphatic rings. The first-order chi connectivity index (χ1) is 13.3. The summed E-state index contributed by atoms with van der Waals surface area (Å²) >= 11 is 0. The Morgan fingerprint density at radius 1 is 0.889 bits per heavy atom. The molecule has 1 aliphatic carbocycles. The number of hydrogen-bond donors (Lipinski definition) is 0. The molecular weight excluding hydrogens is 334 g/mol. The van der Waals surface area contributed by atoms with Crippen molar-refractivity contribution in [3.05, 3.63) is 66.0 Å². The van der Waals surface area contributed by atoms with Gasteiger partial charge in [0, 0.05) is 50.2 Å². The number of carbonyl (C=O) groups is 1. The fraction of sp³-hybridized carbons (Fsp3) is 0.478. The van der Waals surface area contributed by atoms with E-state index in [1.165, 1.54) is 31.2 Å². The Bertz CT molecular complexity index is 718. The van der Waals surface area contributed by atoms with Crippen LogP contribution in [0.2, 0.25) is 0 Å². The summed E-state index contributed by atoms with van der Waals surface area (Å²) in [7, 11) is 0. The van der Waals surface area contributed by atoms with Gasteiger partial charge in [0.2, 0.25) is 0 Å². The van der Waals surface area contributed by atoms with Gasteiger partial charge in [0.1, 0.15) is 0 Å². The Hall–Kier alpha value is -2.04. The number of rotatable bonds is 5. The molecule has 2 heterocycles. The lowest BCUT2D eigenvalue weighted by atomic mass is 9.81. The van der Waals surface area contributed by atoms with Gasteiger partial charge in [-0.05, 0) is 49.3 Å². The highest BCUT2D eigenvalue weighted by Gasteiger charge is 2.29. The van der Waals surface area contributed by atoms with Crippen molar-refractivity contribution in [1.29, 1.82) is 0 Å². The zero-order chi connectivity index (χ0) is 18.5. The van der Waals surface area contributed by atoms with Crippen LogP contribution in [0.25, 0.3) is 0 Å². The van der Waals surface area contributed by atoms with Gasteiger partial charge in [-0.25, -0.2) is 0 Å². The zero-order valence-electron chi connectivity index (χ0n) is 16.0. The molecule has 4 nitrogen and oxygen atoms in total. The Morgan fingerprint density at radius 3 is 2.22 bits per heavy atom. The van der Waals surface area contributed by atoms with E-state index in [-0.39, 0.29) is 5.78 Å². The van der Waals surface area contributed by atoms with Crippen molar-refractivity contribution in [2.24, 2.45) is 0 Å². The molecule has 0 unspecified atom stereocenters. The third-order valence-corrected chi connectivity index (χ3v) is 6.26. The summed E-state index contributed by atoms with van der Waals surface area (Å²) < 4.78 is 0. The van der Waals surface area contributed by atoms with Crippen LogP contribution in [0.3, 0.4) is 0 Å². The molecule has 2 aromatic rings. The Balaban J connectivity index is 1.22. The van der Waals surface area contributed by atoms with Gasteiger partial charge in [0.25, 0.3) is 0 Å². The molecule has 4 heteroatoms. The topological polar surface area (TPSA) is 36.4 Å². The van der Waals surface area contributed by atoms with Crippen molar-refractivity contribution in [2.75, 3.05) is 32.7 Å². The van der Waals surface area contributed by atoms with Crippen molar-refractivity contribution < 1.29 is 4.79 Å². The third kappa shape index (κ3) is 4.63. The number of Topliss-reactive ketones (excluding diaryl/α,β-unsaturated/α-hetero) is 1. The highest BCUT2D eigenvalue weighted by atomic mass is 16.1. The molecule has 0 atom stereocenters. The van der Waals surface area contributed by atoms with Crippen LogP contribution >= 0.6 is 0 Å². The largest absolute Gasteiger partial charge is 0.298 e. The van der Waals surface area contributed by atoms with E-state index >= 15 is 0 Å². The average molecular weight is 364 g/mol. The molecule has 142 valence electrons. The Labute approximate surface area is 162 Å². The summed E-state index contributed by atoms with van der Waals surface area (Å²) in [5, 5.41) is 0. The van der Waals surface area contributed by atoms with Crippen molar-refractivity contribution in [1.82, 2.24) is 14.8 Å². The fourth-order valence-corrected chi connectivity index (χ4v) is 4.62. The molecule has 1 aliphatic heterocycles. The van der Waals surface area contributed by atoms with E-state index in [2.05, 4.69) is 45.1 Å². The minimum absolute atomic E-state index is 0.203. The molecule has 0 N–H and O–H groups in total. The third-order valence-electron chi connectivity index (χ3n) is 6.26. The number of nitrogens with zero attached hydrogens (tertiary/aromatic N) is 3. The second-order valence-corrected chi connectivity index (χ2v) is 7.89. The molecule has 1 aromatic carbocycles. The van der Waals surface area contributed by atoms with E-state index in [1.54, 1.807) is 12.4 Å². The number of hydrogen-bond acceptors (Lipinski definition) is 4. The molecule has 4 rings (SSSR count). The van der Waals surface area contributed by atoms with Gasteiger partial charge in [-0.15, -0.1) is 0 Å². The van der Waals surface area contributed by atoms with Crippen LogP contribution in [0.15, 0.2) is 54.9 Å². The number of aromatic nitrogens is 1. The van der Waals surface area contributed by atoms with Crippen LogP contribution < -0.4 is 0 Å². The summed E-state index contributed by atoms with van der Waals surface area (Å²) in [5.74, 6) is 0.941. The molecule has 0 amide bonds. The number of benzene rings is 1. The van der Waals surface area contributed by atoms with Gasteiger partial charge in [0.15, 0.2) is 5.78 Å². The van der Waals surface area contributed by atoms with Crippen molar-refractivity contribution in [2.45, 2.75) is 37.6 Å². The highest BCUT2D eigenvalue weighted by molar-refractivity contribution is 5.97. The number of piperazine rings is 1. The van der Waals surface area contributed by atoms with E-state index in [9.17, 15) is 4.79 Å². The van der Waals surface area contributed by atoms with Gasteiger partial charge in [-0.2, -0.15) is 0 Å². The summed E-state index contributed by atoms with van der Waals surface area (Å²) in [6.07, 6.45) is 8.59. The Kier molecular flexibility index (Phi) is 5.95. The fourth-order valence-electron chi connectivity index (χ4n) is 4.62. The van der Waals surface area contributed by atoms with Gasteiger partial charge >= 0.3 is 0 Å². The number of carbonyl (C=O) groups excluding carboxylic acids is 1. The molecule has 0 bridgehead atoms. The second kappa shape index (κ2) is 8.77. The van der Waals surface area contributed by atoms with Gasteiger partial charge < -0.3 is 0 Å². The molecular formula is C23H29N3O. The minimum atomic E-state index is 0.203. The van der Waals surface area contributed by atoms with E-state index in [1.807, 2.05) is 12.1 Å². The van der Waals surface area contributed by atoms with Gasteiger partial charge in [0.05, 0.1) is 6.54 Å². The van der Waals surface area contributed by atoms with Crippen molar-refractivity contribution in [3.63, 3.8) is 0 Å². The Morgan fingerprint density at radius 2 is 1.56 bits per heavy atom. The predicted molar refractivity (Wildman–Crippen MR) is 108 cm³/mol. The molecule has 0 spiro atoms. The van der Waals surface area contributed by atoms with E-state index < -0.39 is 0 Å². The maximum absolute atomic E-state index is 12.4. The molecule has 1 saturated carbocycles. The lowest BCUT2D eigenvalue weighted by Gasteiger charge is -2.42. The molecule has 27 heavy (non-hydrogen) atoms. The van der Waals surface area contributed by atoms with Crippen molar-refractivity contribution >= 4 is 5.78 Å². The molecule has 1 aromatic heterocycles. The second-order valence-electron chi connectivity index (χ2n) is 7.89. The minimum Gasteiger partial charge on any atom is -0.298 e. The number of ketones is 1. The maximum atomic E-state index is 12.4. The maximum Gasteiger partial charge on any atom is 0.176 e. The van der Waals surface area contributed by atoms with E-state index in [0.717, 1.165) is 43.7 Å². The standard InChI is InChI=1S/C23H29N3O/c27-23(21-10-12-24-13-11-21)18-25-14-16-26(17-15-25)22-8-6-20(7-9-22)19-4-2-1-3-5-19/h1-5,10-13,20,22H,6-9,14-18H2. The van der Waals surface area contributed by atoms with Crippen LogP contribution in [0.4, 0.5) is 0 Å². The monoisotopic (exact) mass is 363 g/mol. The first-order valence-electron chi connectivity index (χ1n) is 10.2. The summed E-state index contributed by atoms with van der Waals surface area (Å²) in [6.45, 7) is 4.69. The average Bonchev–Trinajstić information content (AvgIpc) is 2.76. The van der Waals surface area contributed by atoms with Crippen LogP contribution in [-0.4, -0.2) is 59.3 Å². The molecule has 1 saturated heterocycles. The van der Waals surface area contributed by atoms with Crippen LogP contribution in [0.1, 0.15) is 47.5 Å². The lowest BCUT2D eigenvalue weighted by Crippen LogP contribution is -2.51. The van der Waals surface area contributed by atoms with Gasteiger partial charge in [-0.3, -0.25) is 19.6 Å². The summed E-state index contributed by atoms with van der Waals surface area (Å²) in [5.41, 5.74) is 2.28. The molecule has 0 radical (unpaired) electrons. The number of pyridine rings is 1. The van der Waals surface area contributed by atoms with E-state index in [4.69, 9.17) is 0 Å². The molecule has 2 fully saturated rings. The lowest BCUT2D eigenvalue weighted by molar-refractivity contribution is 0.0674. The first kappa shape index (κ1) is 18.3. The van der Waals surface area contributed by atoms with Crippen LogP contribution in [0.5, 0.6) is 0 Å². The van der Waals surface area contributed by atoms with Crippen LogP contribution in [0, 0.1) is 0 Å². The normalized spacial score (nSPS) is 24.6. The first-order valence-corrected chi connectivity index (χ1v) is 10.2. The SMILES string of the molecule is O=C(CN1CCN(C2CCC(c3ccccc3)CC2)CC1)c1ccncc1. The smallest absolute Gasteiger partial charge is 0.176 e. The van der Waals surface area contributed by atoms with E-state index in [0.29, 0.717) is 6.54 Å². The summed E-state index contributed by atoms with van der Waals surface area (Å²) in [4.78, 5) is 21.3. The predicted octanol–water partition coefficient (Wildman–Crippen LogP) is 3.61. The van der Waals surface area contributed by atoms with Gasteiger partial charge in [-0.1, -0.05) is 30.3 Å². The quantitative estimate of drug-likeness (QED) is 0.761. The zero-order valence-corrected chi connectivity index (χ0v) is 16.0.